The van der Waals surface area contributed by atoms with Crippen molar-refractivity contribution < 1.29 is 0 Å². The summed E-state index contributed by atoms with van der Waals surface area (Å²) < 4.78 is 0. The summed E-state index contributed by atoms with van der Waals surface area (Å²) >= 11 is 0. The lowest BCUT2D eigenvalue weighted by atomic mass is 10.0. The molecule has 0 radical (unpaired) electrons. The summed E-state index contributed by atoms with van der Waals surface area (Å²) in [6, 6.07) is 0.636. The summed E-state index contributed by atoms with van der Waals surface area (Å²) in [5.41, 5.74) is 1.36. The average molecular weight is 197 g/mol. The zero-order chi connectivity index (χ0) is 11.1. The van der Waals surface area contributed by atoms with E-state index < -0.39 is 0 Å². The lowest BCUT2D eigenvalue weighted by molar-refractivity contribution is 0.232. The Morgan fingerprint density at radius 2 is 1.79 bits per heavy atom. The van der Waals surface area contributed by atoms with Gasteiger partial charge in [-0.05, 0) is 32.7 Å². The van der Waals surface area contributed by atoms with Gasteiger partial charge in [0.15, 0.2) is 0 Å². The highest BCUT2D eigenvalue weighted by Crippen LogP contribution is 2.11. The van der Waals surface area contributed by atoms with Gasteiger partial charge in [0.2, 0.25) is 0 Å². The van der Waals surface area contributed by atoms with Crippen LogP contribution in [0.5, 0.6) is 0 Å². The molecule has 84 valence electrons. The van der Waals surface area contributed by atoms with Crippen LogP contribution in [-0.4, -0.2) is 24.0 Å². The maximum absolute atomic E-state index is 4.14. The molecule has 1 heteroatoms. The second-order valence-electron chi connectivity index (χ2n) is 4.73. The minimum atomic E-state index is 0.609. The molecule has 0 aromatic rings. The van der Waals surface area contributed by atoms with Gasteiger partial charge in [0, 0.05) is 12.6 Å². The second-order valence-corrected chi connectivity index (χ2v) is 4.73. The van der Waals surface area contributed by atoms with Crippen LogP contribution in [0.4, 0.5) is 0 Å². The second kappa shape index (κ2) is 7.05. The predicted molar refractivity (Wildman–Crippen MR) is 65.6 cm³/mol. The summed E-state index contributed by atoms with van der Waals surface area (Å²) in [6.07, 6.45) is 2.57. The van der Waals surface area contributed by atoms with Crippen molar-refractivity contribution in [1.82, 2.24) is 4.90 Å². The fraction of sp³-hybridized carbons (Fsp3) is 0.846. The van der Waals surface area contributed by atoms with E-state index in [-0.39, 0.29) is 0 Å². The van der Waals surface area contributed by atoms with Crippen LogP contribution in [0.1, 0.15) is 47.5 Å². The number of hydrogen-bond donors (Lipinski definition) is 0. The highest BCUT2D eigenvalue weighted by Gasteiger charge is 2.11. The van der Waals surface area contributed by atoms with Gasteiger partial charge in [0.05, 0.1) is 0 Å². The molecule has 0 aromatic heterocycles. The molecule has 0 unspecified atom stereocenters. The molecule has 0 amide bonds. The van der Waals surface area contributed by atoms with Gasteiger partial charge in [0.25, 0.3) is 0 Å². The molecule has 0 aliphatic heterocycles. The van der Waals surface area contributed by atoms with E-state index in [2.05, 4.69) is 46.1 Å². The van der Waals surface area contributed by atoms with Crippen LogP contribution in [-0.2, 0) is 0 Å². The van der Waals surface area contributed by atoms with Gasteiger partial charge < -0.3 is 0 Å². The van der Waals surface area contributed by atoms with Gasteiger partial charge in [-0.1, -0.05) is 39.3 Å². The Balaban J connectivity index is 4.02. The Morgan fingerprint density at radius 3 is 2.14 bits per heavy atom. The Morgan fingerprint density at radius 1 is 1.21 bits per heavy atom. The smallest absolute Gasteiger partial charge is 0.0195 e. The van der Waals surface area contributed by atoms with E-state index in [1.165, 1.54) is 25.0 Å². The fourth-order valence-corrected chi connectivity index (χ4v) is 1.32. The van der Waals surface area contributed by atoms with Crippen molar-refractivity contribution in [3.8, 4) is 0 Å². The van der Waals surface area contributed by atoms with Crippen molar-refractivity contribution in [2.45, 2.75) is 53.5 Å². The van der Waals surface area contributed by atoms with Crippen LogP contribution in [0.15, 0.2) is 12.2 Å². The lowest BCUT2D eigenvalue weighted by Gasteiger charge is -2.28. The van der Waals surface area contributed by atoms with Gasteiger partial charge in [-0.15, -0.1) is 0 Å². The fourth-order valence-electron chi connectivity index (χ4n) is 1.32. The Labute approximate surface area is 90.2 Å². The summed E-state index contributed by atoms with van der Waals surface area (Å²) in [6.45, 7) is 17.6. The molecule has 0 aliphatic carbocycles. The van der Waals surface area contributed by atoms with Crippen molar-refractivity contribution in [2.75, 3.05) is 13.1 Å². The Hall–Kier alpha value is -0.300. The predicted octanol–water partition coefficient (Wildman–Crippen LogP) is 3.71. The summed E-state index contributed by atoms with van der Waals surface area (Å²) in [5.74, 6) is 0.609. The minimum Gasteiger partial charge on any atom is -0.297 e. The van der Waals surface area contributed by atoms with E-state index in [0.29, 0.717) is 12.0 Å². The van der Waals surface area contributed by atoms with Gasteiger partial charge >= 0.3 is 0 Å². The van der Waals surface area contributed by atoms with Gasteiger partial charge in [-0.2, -0.15) is 0 Å². The third-order valence-electron chi connectivity index (χ3n) is 2.75. The largest absolute Gasteiger partial charge is 0.297 e. The highest BCUT2D eigenvalue weighted by atomic mass is 15.1. The lowest BCUT2D eigenvalue weighted by Crippen LogP contribution is -2.34. The first-order valence-electron chi connectivity index (χ1n) is 5.90. The van der Waals surface area contributed by atoms with Crippen molar-refractivity contribution in [3.63, 3.8) is 0 Å². The SMILES string of the molecule is C=C(CN(CCCC)C(C)C)C(C)C. The van der Waals surface area contributed by atoms with Crippen LogP contribution < -0.4 is 0 Å². The van der Waals surface area contributed by atoms with E-state index in [9.17, 15) is 0 Å². The molecule has 0 saturated carbocycles. The quantitative estimate of drug-likeness (QED) is 0.562. The third kappa shape index (κ3) is 5.43. The first-order chi connectivity index (χ1) is 6.49. The standard InChI is InChI=1S/C13H27N/c1-7-8-9-14(12(4)5)10-13(6)11(2)3/h11-12H,6-10H2,1-5H3. The maximum Gasteiger partial charge on any atom is 0.0195 e. The summed E-state index contributed by atoms with van der Waals surface area (Å²) in [7, 11) is 0. The Kier molecular flexibility index (Phi) is 6.90. The molecule has 0 atom stereocenters. The van der Waals surface area contributed by atoms with Crippen molar-refractivity contribution in [1.29, 1.82) is 0 Å². The molecule has 0 saturated heterocycles. The summed E-state index contributed by atoms with van der Waals surface area (Å²) in [4.78, 5) is 2.52. The van der Waals surface area contributed by atoms with E-state index in [1.54, 1.807) is 0 Å². The van der Waals surface area contributed by atoms with Gasteiger partial charge in [0.1, 0.15) is 0 Å². The number of nitrogens with zero attached hydrogens (tertiary/aromatic N) is 1. The van der Waals surface area contributed by atoms with Gasteiger partial charge in [-0.3, -0.25) is 4.90 Å². The van der Waals surface area contributed by atoms with E-state index in [0.717, 1.165) is 6.54 Å². The zero-order valence-electron chi connectivity index (χ0n) is 10.6. The average Bonchev–Trinajstić information content (AvgIpc) is 2.10. The summed E-state index contributed by atoms with van der Waals surface area (Å²) in [5, 5.41) is 0. The van der Waals surface area contributed by atoms with Crippen LogP contribution in [0, 0.1) is 5.92 Å². The molecule has 0 bridgehead atoms. The molecule has 0 aromatic carbocycles. The normalized spacial score (nSPS) is 11.7. The molecular formula is C13H27N. The number of hydrogen-bond acceptors (Lipinski definition) is 1. The first kappa shape index (κ1) is 13.7. The van der Waals surface area contributed by atoms with Crippen LogP contribution in [0.2, 0.25) is 0 Å². The molecule has 0 fully saturated rings. The van der Waals surface area contributed by atoms with Gasteiger partial charge in [-0.25, -0.2) is 0 Å². The zero-order valence-corrected chi connectivity index (χ0v) is 10.6. The molecule has 0 spiro atoms. The first-order valence-corrected chi connectivity index (χ1v) is 5.90. The molecular weight excluding hydrogens is 170 g/mol. The van der Waals surface area contributed by atoms with E-state index >= 15 is 0 Å². The molecule has 0 aliphatic rings. The topological polar surface area (TPSA) is 3.24 Å². The monoisotopic (exact) mass is 197 g/mol. The van der Waals surface area contributed by atoms with Crippen molar-refractivity contribution in [2.24, 2.45) is 5.92 Å². The molecule has 0 rings (SSSR count). The molecule has 0 N–H and O–H groups in total. The number of unbranched alkanes of at least 4 members (excludes halogenated alkanes) is 1. The van der Waals surface area contributed by atoms with E-state index in [4.69, 9.17) is 0 Å². The molecule has 0 heterocycles. The molecule has 1 nitrogen and oxygen atoms in total. The highest BCUT2D eigenvalue weighted by molar-refractivity contribution is 5.00. The van der Waals surface area contributed by atoms with Crippen LogP contribution in [0.3, 0.4) is 0 Å². The third-order valence-corrected chi connectivity index (χ3v) is 2.75. The van der Waals surface area contributed by atoms with E-state index in [1.807, 2.05) is 0 Å². The van der Waals surface area contributed by atoms with Crippen molar-refractivity contribution >= 4 is 0 Å². The van der Waals surface area contributed by atoms with Crippen molar-refractivity contribution in [3.05, 3.63) is 12.2 Å². The Bertz CT molecular complexity index is 159. The minimum absolute atomic E-state index is 0.609. The van der Waals surface area contributed by atoms with Crippen LogP contribution >= 0.6 is 0 Å². The maximum atomic E-state index is 4.14. The molecule has 14 heavy (non-hydrogen) atoms. The number of rotatable bonds is 7. The van der Waals surface area contributed by atoms with Crippen LogP contribution in [0.25, 0.3) is 0 Å².